The maximum atomic E-state index is 2.34. The lowest BCUT2D eigenvalue weighted by Crippen LogP contribution is -2.04. The minimum Gasteiger partial charge on any atom is -0.106 e. The molecule has 0 N–H and O–H groups in total. The van der Waals surface area contributed by atoms with Crippen molar-refractivity contribution in [3.05, 3.63) is 0 Å². The Labute approximate surface area is 208 Å². The molecule has 0 aliphatic heterocycles. The summed E-state index contributed by atoms with van der Waals surface area (Å²) in [6.45, 7) is 9.37. The average molecular weight is 487 g/mol. The largest absolute Gasteiger partial charge is 0.106 e. The SMILES string of the molecule is CCCCCCCP(CCCCCCC)CCP(CCCCCCC)CCCCCCC. The maximum Gasteiger partial charge on any atom is -0.0286 e. The highest BCUT2D eigenvalue weighted by Crippen LogP contribution is 2.45. The highest BCUT2D eigenvalue weighted by molar-refractivity contribution is 7.61. The molecule has 2 heteroatoms. The molecule has 0 saturated heterocycles. The fourth-order valence-electron chi connectivity index (χ4n) is 4.71. The monoisotopic (exact) mass is 486 g/mol. The molecule has 194 valence electrons. The van der Waals surface area contributed by atoms with E-state index in [4.69, 9.17) is 0 Å². The van der Waals surface area contributed by atoms with Crippen molar-refractivity contribution in [1.82, 2.24) is 0 Å². The van der Waals surface area contributed by atoms with Crippen molar-refractivity contribution < 1.29 is 0 Å². The van der Waals surface area contributed by atoms with Gasteiger partial charge in [0.25, 0.3) is 0 Å². The Morgan fingerprint density at radius 2 is 0.469 bits per heavy atom. The van der Waals surface area contributed by atoms with Crippen LogP contribution >= 0.6 is 15.8 Å². The van der Waals surface area contributed by atoms with Gasteiger partial charge in [-0.25, -0.2) is 0 Å². The van der Waals surface area contributed by atoms with Crippen LogP contribution in [0.3, 0.4) is 0 Å². The van der Waals surface area contributed by atoms with Gasteiger partial charge in [0, 0.05) is 0 Å². The smallest absolute Gasteiger partial charge is 0.0286 e. The van der Waals surface area contributed by atoms with Crippen molar-refractivity contribution in [3.63, 3.8) is 0 Å². The molecule has 0 aromatic carbocycles. The lowest BCUT2D eigenvalue weighted by molar-refractivity contribution is 0.651. The van der Waals surface area contributed by atoms with Crippen molar-refractivity contribution in [2.24, 2.45) is 0 Å². The van der Waals surface area contributed by atoms with Crippen LogP contribution in [0.2, 0.25) is 0 Å². The Balaban J connectivity index is 4.43. The van der Waals surface area contributed by atoms with Crippen LogP contribution in [0, 0.1) is 0 Å². The Hall–Kier alpha value is 0.860. The van der Waals surface area contributed by atoms with E-state index in [1.165, 1.54) is 128 Å². The molecular formula is C30H64P2. The van der Waals surface area contributed by atoms with Gasteiger partial charge in [-0.2, -0.15) is 0 Å². The number of unbranched alkanes of at least 4 members (excludes halogenated alkanes) is 16. The minimum atomic E-state index is 0.333. The lowest BCUT2D eigenvalue weighted by Gasteiger charge is -2.23. The molecule has 0 aliphatic carbocycles. The summed E-state index contributed by atoms with van der Waals surface area (Å²) in [5.41, 5.74) is 0. The van der Waals surface area contributed by atoms with Gasteiger partial charge in [0.15, 0.2) is 0 Å². The summed E-state index contributed by atoms with van der Waals surface area (Å²) in [5, 5.41) is 0. The van der Waals surface area contributed by atoms with Crippen molar-refractivity contribution in [2.45, 2.75) is 156 Å². The molecule has 0 nitrogen and oxygen atoms in total. The summed E-state index contributed by atoms with van der Waals surface area (Å²) in [7, 11) is 0.665. The van der Waals surface area contributed by atoms with Crippen LogP contribution in [0.15, 0.2) is 0 Å². The fourth-order valence-corrected chi connectivity index (χ4v) is 11.0. The predicted molar refractivity (Wildman–Crippen MR) is 158 cm³/mol. The van der Waals surface area contributed by atoms with Gasteiger partial charge in [-0.1, -0.05) is 130 Å². The van der Waals surface area contributed by atoms with Crippen molar-refractivity contribution >= 4 is 15.8 Å². The average Bonchev–Trinajstić information content (AvgIpc) is 2.80. The second-order valence-electron chi connectivity index (χ2n) is 10.3. The first kappa shape index (κ1) is 32.9. The molecule has 0 amide bonds. The van der Waals surface area contributed by atoms with Gasteiger partial charge >= 0.3 is 0 Å². The predicted octanol–water partition coefficient (Wildman–Crippen LogP) is 11.8. The number of rotatable bonds is 27. The van der Waals surface area contributed by atoms with Gasteiger partial charge in [0.1, 0.15) is 0 Å². The van der Waals surface area contributed by atoms with E-state index in [0.29, 0.717) is 15.8 Å². The maximum absolute atomic E-state index is 2.34. The third-order valence-electron chi connectivity index (χ3n) is 7.04. The van der Waals surface area contributed by atoms with Crippen LogP contribution < -0.4 is 0 Å². The highest BCUT2D eigenvalue weighted by atomic mass is 31.1. The first-order valence-corrected chi connectivity index (χ1v) is 19.0. The third-order valence-corrected chi connectivity index (χ3v) is 12.9. The third kappa shape index (κ3) is 24.0. The van der Waals surface area contributed by atoms with Crippen LogP contribution in [-0.2, 0) is 0 Å². The molecule has 0 spiro atoms. The van der Waals surface area contributed by atoms with E-state index >= 15 is 0 Å². The summed E-state index contributed by atoms with van der Waals surface area (Å²) in [4.78, 5) is 0. The van der Waals surface area contributed by atoms with Gasteiger partial charge in [-0.15, -0.1) is 15.8 Å². The normalized spacial score (nSPS) is 11.8. The quantitative estimate of drug-likeness (QED) is 0.0799. The first-order valence-electron chi connectivity index (χ1n) is 15.2. The van der Waals surface area contributed by atoms with E-state index in [2.05, 4.69) is 27.7 Å². The van der Waals surface area contributed by atoms with E-state index in [-0.39, 0.29) is 0 Å². The zero-order valence-corrected chi connectivity index (χ0v) is 25.1. The van der Waals surface area contributed by atoms with Crippen LogP contribution in [0.25, 0.3) is 0 Å². The van der Waals surface area contributed by atoms with Crippen LogP contribution in [-0.4, -0.2) is 37.0 Å². The fraction of sp³-hybridized carbons (Fsp3) is 1.00. The molecule has 0 bridgehead atoms. The van der Waals surface area contributed by atoms with Crippen molar-refractivity contribution in [3.8, 4) is 0 Å². The van der Waals surface area contributed by atoms with Gasteiger partial charge in [-0.05, 0) is 62.7 Å². The standard InChI is InChI=1S/C30H64P2/c1-5-9-13-17-21-25-31(26-22-18-14-10-6-2)29-30-32(27-23-19-15-11-7-3)28-24-20-16-12-8-4/h5-30H2,1-4H3. The van der Waals surface area contributed by atoms with Gasteiger partial charge in [-0.3, -0.25) is 0 Å². The molecule has 0 aromatic heterocycles. The molecule has 0 rings (SSSR count). The molecule has 0 unspecified atom stereocenters. The summed E-state index contributed by atoms with van der Waals surface area (Å²) in [6, 6.07) is 0. The van der Waals surface area contributed by atoms with Crippen LogP contribution in [0.5, 0.6) is 0 Å². The molecule has 0 fully saturated rings. The van der Waals surface area contributed by atoms with E-state index in [1.54, 1.807) is 37.0 Å². The van der Waals surface area contributed by atoms with Crippen molar-refractivity contribution in [2.75, 3.05) is 37.0 Å². The highest BCUT2D eigenvalue weighted by Gasteiger charge is 2.13. The Morgan fingerprint density at radius 1 is 0.250 bits per heavy atom. The summed E-state index contributed by atoms with van der Waals surface area (Å²) < 4.78 is 0. The molecule has 0 heterocycles. The Kier molecular flexibility index (Phi) is 28.9. The minimum absolute atomic E-state index is 0.333. The molecule has 32 heavy (non-hydrogen) atoms. The Morgan fingerprint density at radius 3 is 0.688 bits per heavy atom. The zero-order valence-electron chi connectivity index (χ0n) is 23.3. The summed E-state index contributed by atoms with van der Waals surface area (Å²) in [6.07, 6.45) is 39.1. The molecular weight excluding hydrogens is 422 g/mol. The molecule has 0 aliphatic rings. The van der Waals surface area contributed by atoms with E-state index < -0.39 is 0 Å². The van der Waals surface area contributed by atoms with Gasteiger partial charge in [0.05, 0.1) is 0 Å². The topological polar surface area (TPSA) is 0 Å². The molecule has 0 saturated carbocycles. The van der Waals surface area contributed by atoms with E-state index in [1.807, 2.05) is 0 Å². The number of hydrogen-bond donors (Lipinski definition) is 0. The molecule has 0 radical (unpaired) electrons. The summed E-state index contributed by atoms with van der Waals surface area (Å²) >= 11 is 0. The lowest BCUT2D eigenvalue weighted by atomic mass is 10.2. The van der Waals surface area contributed by atoms with E-state index in [9.17, 15) is 0 Å². The Bertz CT molecular complexity index is 271. The van der Waals surface area contributed by atoms with E-state index in [0.717, 1.165) is 0 Å². The molecule has 0 aromatic rings. The first-order chi connectivity index (χ1) is 15.8. The van der Waals surface area contributed by atoms with Gasteiger partial charge < -0.3 is 0 Å². The van der Waals surface area contributed by atoms with Crippen LogP contribution in [0.4, 0.5) is 0 Å². The second-order valence-corrected chi connectivity index (χ2v) is 15.7. The second kappa shape index (κ2) is 28.1. The molecule has 0 atom stereocenters. The van der Waals surface area contributed by atoms with Gasteiger partial charge in [0.2, 0.25) is 0 Å². The zero-order chi connectivity index (χ0) is 23.5. The number of hydrogen-bond acceptors (Lipinski definition) is 0. The summed E-state index contributed by atoms with van der Waals surface area (Å²) in [5.74, 6) is 0. The van der Waals surface area contributed by atoms with Crippen LogP contribution in [0.1, 0.15) is 156 Å². The van der Waals surface area contributed by atoms with Crippen molar-refractivity contribution in [1.29, 1.82) is 0 Å².